The number of hydrogen-bond acceptors (Lipinski definition) is 3. The molecule has 0 aliphatic rings. The normalized spacial score (nSPS) is 9.93. The minimum atomic E-state index is -0.00870. The lowest BCUT2D eigenvalue weighted by Gasteiger charge is -2.04. The Bertz CT molecular complexity index is 344. The van der Waals surface area contributed by atoms with Crippen LogP contribution in [-0.2, 0) is 4.79 Å². The first kappa shape index (κ1) is 11.8. The highest BCUT2D eigenvalue weighted by Gasteiger charge is 2.03. The van der Waals surface area contributed by atoms with Gasteiger partial charge in [0.05, 0.1) is 11.4 Å². The molecular weight excluding hydrogens is 311 g/mol. The fourth-order valence-corrected chi connectivity index (χ4v) is 1.56. The maximum Gasteiger partial charge on any atom is 0.235 e. The van der Waals surface area contributed by atoms with Crippen LogP contribution in [0.1, 0.15) is 5.69 Å². The zero-order valence-corrected chi connectivity index (χ0v) is 11.0. The Morgan fingerprint density at radius 2 is 2.36 bits per heavy atom. The second-order valence-electron chi connectivity index (χ2n) is 2.74. The van der Waals surface area contributed by atoms with Crippen LogP contribution in [0.25, 0.3) is 0 Å². The van der Waals surface area contributed by atoms with E-state index in [2.05, 4.69) is 32.9 Å². The largest absolute Gasteiger partial charge is 0.310 e. The summed E-state index contributed by atoms with van der Waals surface area (Å²) in [6, 6.07) is 3.75. The minimum Gasteiger partial charge on any atom is -0.310 e. The topological polar surface area (TPSA) is 42.0 Å². The van der Waals surface area contributed by atoms with Crippen molar-refractivity contribution in [2.75, 3.05) is 17.3 Å². The summed E-state index contributed by atoms with van der Waals surface area (Å²) in [6.45, 7) is 1.92. The molecule has 0 fully saturated rings. The fourth-order valence-electron chi connectivity index (χ4n) is 0.924. The maximum absolute atomic E-state index is 11.2. The number of amides is 1. The van der Waals surface area contributed by atoms with Gasteiger partial charge in [-0.3, -0.25) is 4.79 Å². The molecule has 0 saturated heterocycles. The average molecular weight is 322 g/mol. The van der Waals surface area contributed by atoms with Crippen LogP contribution in [0, 0.1) is 10.5 Å². The van der Waals surface area contributed by atoms with E-state index in [1.165, 1.54) is 11.8 Å². The van der Waals surface area contributed by atoms with E-state index in [0.717, 1.165) is 9.26 Å². The number of aryl methyl sites for hydroxylation is 1. The number of nitrogens with one attached hydrogen (secondary N) is 1. The van der Waals surface area contributed by atoms with Gasteiger partial charge in [-0.2, -0.15) is 11.8 Å². The van der Waals surface area contributed by atoms with Crippen LogP contribution >= 0.6 is 34.4 Å². The Morgan fingerprint density at radius 3 is 2.93 bits per heavy atom. The quantitative estimate of drug-likeness (QED) is 0.869. The van der Waals surface area contributed by atoms with E-state index in [4.69, 9.17) is 0 Å². The molecule has 1 aromatic rings. The van der Waals surface area contributed by atoms with Crippen molar-refractivity contribution in [3.05, 3.63) is 21.4 Å². The lowest BCUT2D eigenvalue weighted by molar-refractivity contribution is -0.113. The number of aromatic nitrogens is 1. The molecule has 0 radical (unpaired) electrons. The molecule has 0 aliphatic heterocycles. The van der Waals surface area contributed by atoms with Crippen molar-refractivity contribution in [3.63, 3.8) is 0 Å². The number of carbonyl (C=O) groups excluding carboxylic acids is 1. The van der Waals surface area contributed by atoms with E-state index in [0.29, 0.717) is 11.6 Å². The monoisotopic (exact) mass is 322 g/mol. The molecule has 0 spiro atoms. The summed E-state index contributed by atoms with van der Waals surface area (Å²) in [7, 11) is 0. The Balaban J connectivity index is 2.68. The molecule has 1 amide bonds. The lowest BCUT2D eigenvalue weighted by Crippen LogP contribution is -2.15. The van der Waals surface area contributed by atoms with Gasteiger partial charge in [0, 0.05) is 3.57 Å². The second-order valence-corrected chi connectivity index (χ2v) is 4.77. The van der Waals surface area contributed by atoms with Crippen molar-refractivity contribution in [1.29, 1.82) is 0 Å². The first-order chi connectivity index (χ1) is 6.63. The average Bonchev–Trinajstić information content (AvgIpc) is 2.12. The number of anilines is 1. The number of nitrogens with zero attached hydrogens (tertiary/aromatic N) is 1. The smallest absolute Gasteiger partial charge is 0.235 e. The maximum atomic E-state index is 11.2. The van der Waals surface area contributed by atoms with Gasteiger partial charge in [0.15, 0.2) is 0 Å². The number of halogens is 1. The Hall–Kier alpha value is -0.300. The van der Waals surface area contributed by atoms with E-state index in [1.807, 2.05) is 25.3 Å². The molecule has 3 nitrogen and oxygen atoms in total. The fraction of sp³-hybridized carbons (Fsp3) is 0.333. The first-order valence-electron chi connectivity index (χ1n) is 4.05. The summed E-state index contributed by atoms with van der Waals surface area (Å²) < 4.78 is 1.10. The van der Waals surface area contributed by atoms with Crippen molar-refractivity contribution < 1.29 is 4.79 Å². The molecule has 1 aromatic heterocycles. The summed E-state index contributed by atoms with van der Waals surface area (Å²) in [5.74, 6) is 1.08. The van der Waals surface area contributed by atoms with Crippen molar-refractivity contribution in [2.24, 2.45) is 0 Å². The van der Waals surface area contributed by atoms with Crippen LogP contribution < -0.4 is 5.32 Å². The molecule has 0 bridgehead atoms. The highest BCUT2D eigenvalue weighted by atomic mass is 127. The molecule has 0 saturated carbocycles. The van der Waals surface area contributed by atoms with Gasteiger partial charge in [-0.1, -0.05) is 0 Å². The van der Waals surface area contributed by atoms with Gasteiger partial charge in [-0.05, 0) is 47.9 Å². The molecule has 0 aromatic carbocycles. The van der Waals surface area contributed by atoms with Crippen molar-refractivity contribution in [3.8, 4) is 0 Å². The van der Waals surface area contributed by atoms with Crippen LogP contribution in [0.2, 0.25) is 0 Å². The summed E-state index contributed by atoms with van der Waals surface area (Å²) >= 11 is 3.71. The third-order valence-electron chi connectivity index (χ3n) is 1.56. The highest BCUT2D eigenvalue weighted by molar-refractivity contribution is 14.1. The molecule has 5 heteroatoms. The van der Waals surface area contributed by atoms with Crippen molar-refractivity contribution >= 4 is 46.1 Å². The summed E-state index contributed by atoms with van der Waals surface area (Å²) in [4.78, 5) is 15.5. The SMILES string of the molecule is CSCC(=O)Nc1ccc(I)c(C)n1. The molecule has 14 heavy (non-hydrogen) atoms. The summed E-state index contributed by atoms with van der Waals surface area (Å²) in [5.41, 5.74) is 0.938. The van der Waals surface area contributed by atoms with Gasteiger partial charge >= 0.3 is 0 Å². The van der Waals surface area contributed by atoms with E-state index in [-0.39, 0.29) is 5.91 Å². The Labute approximate surface area is 101 Å². The number of rotatable bonds is 3. The summed E-state index contributed by atoms with van der Waals surface area (Å²) in [6.07, 6.45) is 1.90. The van der Waals surface area contributed by atoms with Gasteiger partial charge in [-0.25, -0.2) is 4.98 Å². The number of thioether (sulfide) groups is 1. The van der Waals surface area contributed by atoms with Crippen LogP contribution in [-0.4, -0.2) is 22.9 Å². The molecule has 1 heterocycles. The third kappa shape index (κ3) is 3.45. The minimum absolute atomic E-state index is 0.00870. The van der Waals surface area contributed by atoms with Crippen molar-refractivity contribution in [2.45, 2.75) is 6.92 Å². The summed E-state index contributed by atoms with van der Waals surface area (Å²) in [5, 5.41) is 2.74. The molecule has 0 unspecified atom stereocenters. The molecule has 1 rings (SSSR count). The van der Waals surface area contributed by atoms with E-state index in [1.54, 1.807) is 0 Å². The van der Waals surface area contributed by atoms with Gasteiger partial charge < -0.3 is 5.32 Å². The molecule has 0 aliphatic carbocycles. The molecule has 76 valence electrons. The van der Waals surface area contributed by atoms with E-state index in [9.17, 15) is 4.79 Å². The highest BCUT2D eigenvalue weighted by Crippen LogP contribution is 2.12. The van der Waals surface area contributed by atoms with Crippen molar-refractivity contribution in [1.82, 2.24) is 4.98 Å². The van der Waals surface area contributed by atoms with Gasteiger partial charge in [0.25, 0.3) is 0 Å². The van der Waals surface area contributed by atoms with Crippen LogP contribution in [0.3, 0.4) is 0 Å². The van der Waals surface area contributed by atoms with Gasteiger partial charge in [-0.15, -0.1) is 0 Å². The predicted molar refractivity (Wildman–Crippen MR) is 68.7 cm³/mol. The molecular formula is C9H11IN2OS. The van der Waals surface area contributed by atoms with Gasteiger partial charge in [0.1, 0.15) is 5.82 Å². The van der Waals surface area contributed by atoms with E-state index < -0.39 is 0 Å². The third-order valence-corrected chi connectivity index (χ3v) is 3.26. The zero-order valence-electron chi connectivity index (χ0n) is 8.00. The van der Waals surface area contributed by atoms with Crippen LogP contribution in [0.4, 0.5) is 5.82 Å². The predicted octanol–water partition coefficient (Wildman–Crippen LogP) is 2.30. The molecule has 0 atom stereocenters. The Kier molecular flexibility index (Phi) is 4.67. The molecule has 1 N–H and O–H groups in total. The van der Waals surface area contributed by atoms with E-state index >= 15 is 0 Å². The van der Waals surface area contributed by atoms with Crippen LogP contribution in [0.5, 0.6) is 0 Å². The van der Waals surface area contributed by atoms with Gasteiger partial charge in [0.2, 0.25) is 5.91 Å². The zero-order chi connectivity index (χ0) is 10.6. The van der Waals surface area contributed by atoms with Crippen LogP contribution in [0.15, 0.2) is 12.1 Å². The Morgan fingerprint density at radius 1 is 1.64 bits per heavy atom. The second kappa shape index (κ2) is 5.55. The standard InChI is InChI=1S/C9H11IN2OS/c1-6-7(10)3-4-8(11-6)12-9(13)5-14-2/h3-4H,5H2,1-2H3,(H,11,12,13). The lowest BCUT2D eigenvalue weighted by atomic mass is 10.4. The first-order valence-corrected chi connectivity index (χ1v) is 6.52. The number of carbonyl (C=O) groups is 1. The number of pyridine rings is 1. The number of hydrogen-bond donors (Lipinski definition) is 1.